The van der Waals surface area contributed by atoms with Gasteiger partial charge in [-0.25, -0.2) is 19.9 Å². The number of carbonyl (C=O) groups is 1. The normalized spacial score (nSPS) is 14.9. The van der Waals surface area contributed by atoms with E-state index in [0.717, 1.165) is 43.1 Å². The molecule has 1 aliphatic heterocycles. The molecule has 138 valence electrons. The van der Waals surface area contributed by atoms with Gasteiger partial charge in [0.1, 0.15) is 30.1 Å². The number of carbonyl (C=O) groups excluding carboxylic acids is 1. The van der Waals surface area contributed by atoms with Crippen LogP contribution in [0.15, 0.2) is 49.4 Å². The van der Waals surface area contributed by atoms with E-state index in [2.05, 4.69) is 30.2 Å². The number of aryl methyl sites for hydroxylation is 1. The van der Waals surface area contributed by atoms with Crippen molar-refractivity contribution in [1.29, 1.82) is 0 Å². The minimum Gasteiger partial charge on any atom is -0.356 e. The second-order valence-corrected chi connectivity index (χ2v) is 6.62. The lowest BCUT2D eigenvalue weighted by Crippen LogP contribution is -2.38. The molecule has 0 unspecified atom stereocenters. The number of aromatic nitrogens is 5. The van der Waals surface area contributed by atoms with Gasteiger partial charge in [0.05, 0.1) is 0 Å². The molecule has 0 radical (unpaired) electrons. The lowest BCUT2D eigenvalue weighted by atomic mass is 9.96. The van der Waals surface area contributed by atoms with Crippen LogP contribution >= 0.6 is 0 Å². The first-order chi connectivity index (χ1) is 13.2. The van der Waals surface area contributed by atoms with E-state index in [1.54, 1.807) is 25.0 Å². The zero-order chi connectivity index (χ0) is 18.6. The minimum atomic E-state index is -0.0161. The molecule has 1 saturated heterocycles. The summed E-state index contributed by atoms with van der Waals surface area (Å²) in [7, 11) is 0. The van der Waals surface area contributed by atoms with Crippen molar-refractivity contribution in [2.45, 2.75) is 19.8 Å². The van der Waals surface area contributed by atoms with Crippen molar-refractivity contribution >= 4 is 17.5 Å². The molecule has 1 aliphatic rings. The number of imidazole rings is 1. The van der Waals surface area contributed by atoms with Gasteiger partial charge < -0.3 is 10.2 Å². The molecule has 8 heteroatoms. The Morgan fingerprint density at radius 1 is 1.15 bits per heavy atom. The van der Waals surface area contributed by atoms with Crippen molar-refractivity contribution in [2.75, 3.05) is 23.3 Å². The van der Waals surface area contributed by atoms with E-state index < -0.39 is 0 Å². The van der Waals surface area contributed by atoms with Crippen LogP contribution in [0.25, 0.3) is 5.82 Å². The van der Waals surface area contributed by atoms with Crippen molar-refractivity contribution < 1.29 is 4.79 Å². The van der Waals surface area contributed by atoms with Crippen LogP contribution < -0.4 is 10.2 Å². The van der Waals surface area contributed by atoms with Crippen LogP contribution in [-0.4, -0.2) is 43.5 Å². The first-order valence-electron chi connectivity index (χ1n) is 8.98. The van der Waals surface area contributed by atoms with E-state index in [9.17, 15) is 4.79 Å². The summed E-state index contributed by atoms with van der Waals surface area (Å²) in [4.78, 5) is 31.7. The largest absolute Gasteiger partial charge is 0.356 e. The van der Waals surface area contributed by atoms with Gasteiger partial charge in [-0.3, -0.25) is 9.36 Å². The molecule has 3 aromatic heterocycles. The monoisotopic (exact) mass is 363 g/mol. The lowest BCUT2D eigenvalue weighted by Gasteiger charge is -2.32. The number of rotatable bonds is 4. The summed E-state index contributed by atoms with van der Waals surface area (Å²) >= 11 is 0. The predicted molar refractivity (Wildman–Crippen MR) is 102 cm³/mol. The van der Waals surface area contributed by atoms with Crippen LogP contribution in [0.3, 0.4) is 0 Å². The van der Waals surface area contributed by atoms with Crippen molar-refractivity contribution in [3.05, 3.63) is 55.0 Å². The second-order valence-electron chi connectivity index (χ2n) is 6.62. The molecule has 8 nitrogen and oxygen atoms in total. The smallest absolute Gasteiger partial charge is 0.228 e. The number of anilines is 2. The molecular formula is C19H21N7O. The fourth-order valence-electron chi connectivity index (χ4n) is 3.25. The number of nitrogens with zero attached hydrogens (tertiary/aromatic N) is 6. The van der Waals surface area contributed by atoms with Crippen molar-refractivity contribution in [3.63, 3.8) is 0 Å². The Kier molecular flexibility index (Phi) is 4.78. The molecule has 0 aromatic carbocycles. The van der Waals surface area contributed by atoms with E-state index in [1.807, 2.05) is 35.9 Å². The fraction of sp³-hybridized carbons (Fsp3) is 0.316. The van der Waals surface area contributed by atoms with Gasteiger partial charge in [-0.1, -0.05) is 6.07 Å². The standard InChI is InChI=1S/C19H21N7O/c1-14-3-2-6-21-18(14)24-19(27)15-4-8-25(9-5-15)16-11-17(23-12-22-16)26-10-7-20-13-26/h2-3,6-7,10-13,15H,4-5,8-9H2,1H3,(H,21,24,27). The molecule has 0 saturated carbocycles. The molecule has 1 amide bonds. The fourth-order valence-corrected chi connectivity index (χ4v) is 3.25. The number of nitrogens with one attached hydrogen (secondary N) is 1. The summed E-state index contributed by atoms with van der Waals surface area (Å²) in [5, 5.41) is 2.96. The summed E-state index contributed by atoms with van der Waals surface area (Å²) in [5.41, 5.74) is 0.969. The molecule has 0 spiro atoms. The maximum atomic E-state index is 12.6. The van der Waals surface area contributed by atoms with Gasteiger partial charge in [0.25, 0.3) is 0 Å². The number of amides is 1. The zero-order valence-electron chi connectivity index (χ0n) is 15.1. The molecule has 27 heavy (non-hydrogen) atoms. The van der Waals surface area contributed by atoms with Crippen LogP contribution in [0.1, 0.15) is 18.4 Å². The quantitative estimate of drug-likeness (QED) is 0.765. The molecule has 0 atom stereocenters. The number of hydrogen-bond donors (Lipinski definition) is 1. The summed E-state index contributed by atoms with van der Waals surface area (Å²) in [6.07, 6.45) is 10.1. The summed E-state index contributed by atoms with van der Waals surface area (Å²) in [6.45, 7) is 3.50. The summed E-state index contributed by atoms with van der Waals surface area (Å²) in [5.74, 6) is 2.32. The Bertz CT molecular complexity index is 917. The van der Waals surface area contributed by atoms with Gasteiger partial charge in [0, 0.05) is 43.7 Å². The van der Waals surface area contributed by atoms with Crippen LogP contribution in [0, 0.1) is 12.8 Å². The molecule has 4 rings (SSSR count). The van der Waals surface area contributed by atoms with E-state index >= 15 is 0 Å². The van der Waals surface area contributed by atoms with E-state index in [4.69, 9.17) is 0 Å². The zero-order valence-corrected chi connectivity index (χ0v) is 15.1. The first kappa shape index (κ1) is 17.1. The number of pyridine rings is 1. The van der Waals surface area contributed by atoms with E-state index in [-0.39, 0.29) is 11.8 Å². The highest BCUT2D eigenvalue weighted by molar-refractivity contribution is 5.92. The Balaban J connectivity index is 1.38. The SMILES string of the molecule is Cc1cccnc1NC(=O)C1CCN(c2cc(-n3ccnc3)ncn2)CC1. The molecule has 0 aliphatic carbocycles. The Hall–Kier alpha value is -3.29. The van der Waals surface area contributed by atoms with Gasteiger partial charge in [-0.05, 0) is 31.4 Å². The highest BCUT2D eigenvalue weighted by Gasteiger charge is 2.26. The average Bonchev–Trinajstić information content (AvgIpc) is 3.25. The maximum Gasteiger partial charge on any atom is 0.228 e. The molecule has 1 N–H and O–H groups in total. The van der Waals surface area contributed by atoms with Gasteiger partial charge >= 0.3 is 0 Å². The third-order valence-electron chi connectivity index (χ3n) is 4.85. The molecular weight excluding hydrogens is 342 g/mol. The Labute approximate surface area is 157 Å². The Morgan fingerprint density at radius 3 is 2.70 bits per heavy atom. The van der Waals surface area contributed by atoms with Crippen molar-refractivity contribution in [1.82, 2.24) is 24.5 Å². The van der Waals surface area contributed by atoms with Crippen LogP contribution in [-0.2, 0) is 4.79 Å². The minimum absolute atomic E-state index is 0.0161. The van der Waals surface area contributed by atoms with Crippen LogP contribution in [0.2, 0.25) is 0 Å². The first-order valence-corrected chi connectivity index (χ1v) is 8.98. The summed E-state index contributed by atoms with van der Waals surface area (Å²) < 4.78 is 1.85. The molecule has 4 heterocycles. The van der Waals surface area contributed by atoms with Crippen molar-refractivity contribution in [3.8, 4) is 5.82 Å². The highest BCUT2D eigenvalue weighted by Crippen LogP contribution is 2.24. The van der Waals surface area contributed by atoms with Crippen LogP contribution in [0.5, 0.6) is 0 Å². The number of hydrogen-bond acceptors (Lipinski definition) is 6. The lowest BCUT2D eigenvalue weighted by molar-refractivity contribution is -0.120. The van der Waals surface area contributed by atoms with Crippen LogP contribution in [0.4, 0.5) is 11.6 Å². The third-order valence-corrected chi connectivity index (χ3v) is 4.85. The van der Waals surface area contributed by atoms with Gasteiger partial charge in [0.2, 0.25) is 5.91 Å². The second kappa shape index (κ2) is 7.53. The third kappa shape index (κ3) is 3.79. The van der Waals surface area contributed by atoms with Gasteiger partial charge in [-0.2, -0.15) is 0 Å². The van der Waals surface area contributed by atoms with Gasteiger partial charge in [-0.15, -0.1) is 0 Å². The summed E-state index contributed by atoms with van der Waals surface area (Å²) in [6, 6.07) is 5.75. The molecule has 0 bridgehead atoms. The van der Waals surface area contributed by atoms with E-state index in [0.29, 0.717) is 5.82 Å². The predicted octanol–water partition coefficient (Wildman–Crippen LogP) is 2.22. The highest BCUT2D eigenvalue weighted by atomic mass is 16.1. The average molecular weight is 363 g/mol. The number of piperidine rings is 1. The molecule has 1 fully saturated rings. The topological polar surface area (TPSA) is 88.8 Å². The van der Waals surface area contributed by atoms with Gasteiger partial charge in [0.15, 0.2) is 0 Å². The van der Waals surface area contributed by atoms with Crippen molar-refractivity contribution in [2.24, 2.45) is 5.92 Å². The maximum absolute atomic E-state index is 12.6. The Morgan fingerprint density at radius 2 is 1.96 bits per heavy atom. The van der Waals surface area contributed by atoms with E-state index in [1.165, 1.54) is 0 Å². The molecule has 3 aromatic rings.